The normalized spacial score (nSPS) is 17.3. The van der Waals surface area contributed by atoms with E-state index in [4.69, 9.17) is 16.3 Å². The van der Waals surface area contributed by atoms with Crippen LogP contribution in [0.5, 0.6) is 5.75 Å². The Kier molecular flexibility index (Phi) is 4.73. The topological polar surface area (TPSA) is 21.3 Å². The SMILES string of the molecule is COc1ccccc1CNC1CCSc2ccc(Cl)cc21. The summed E-state index contributed by atoms with van der Waals surface area (Å²) in [6.45, 7) is 0.797. The Morgan fingerprint density at radius 2 is 2.14 bits per heavy atom. The van der Waals surface area contributed by atoms with Crippen molar-refractivity contribution in [2.45, 2.75) is 23.9 Å². The van der Waals surface area contributed by atoms with Crippen molar-refractivity contribution in [3.63, 3.8) is 0 Å². The summed E-state index contributed by atoms with van der Waals surface area (Å²) in [4.78, 5) is 1.34. The number of ether oxygens (including phenoxy) is 1. The molecule has 3 rings (SSSR count). The average molecular weight is 320 g/mol. The number of methoxy groups -OCH3 is 1. The smallest absolute Gasteiger partial charge is 0.123 e. The molecule has 1 atom stereocenters. The number of halogens is 1. The summed E-state index contributed by atoms with van der Waals surface area (Å²) >= 11 is 8.06. The quantitative estimate of drug-likeness (QED) is 0.884. The molecule has 0 fully saturated rings. The van der Waals surface area contributed by atoms with Gasteiger partial charge in [-0.15, -0.1) is 11.8 Å². The Labute approximate surface area is 134 Å². The average Bonchev–Trinajstić information content (AvgIpc) is 2.53. The molecule has 0 aliphatic carbocycles. The molecule has 2 nitrogen and oxygen atoms in total. The summed E-state index contributed by atoms with van der Waals surface area (Å²) in [6.07, 6.45) is 1.12. The first-order valence-electron chi connectivity index (χ1n) is 7.05. The largest absolute Gasteiger partial charge is 0.496 e. The van der Waals surface area contributed by atoms with Gasteiger partial charge in [-0.1, -0.05) is 29.8 Å². The highest BCUT2D eigenvalue weighted by molar-refractivity contribution is 7.99. The number of nitrogens with one attached hydrogen (secondary N) is 1. The predicted octanol–water partition coefficient (Wildman–Crippen LogP) is 4.68. The summed E-state index contributed by atoms with van der Waals surface area (Å²) < 4.78 is 5.41. The van der Waals surface area contributed by atoms with E-state index >= 15 is 0 Å². The van der Waals surface area contributed by atoms with Crippen molar-refractivity contribution in [2.75, 3.05) is 12.9 Å². The van der Waals surface area contributed by atoms with Crippen molar-refractivity contribution in [1.29, 1.82) is 0 Å². The van der Waals surface area contributed by atoms with Crippen LogP contribution in [-0.4, -0.2) is 12.9 Å². The van der Waals surface area contributed by atoms with Gasteiger partial charge in [-0.3, -0.25) is 0 Å². The van der Waals surface area contributed by atoms with Crippen LogP contribution in [-0.2, 0) is 6.54 Å². The van der Waals surface area contributed by atoms with Crippen LogP contribution in [0.3, 0.4) is 0 Å². The molecular weight excluding hydrogens is 302 g/mol. The maximum Gasteiger partial charge on any atom is 0.123 e. The third-order valence-corrected chi connectivity index (χ3v) is 5.10. The van der Waals surface area contributed by atoms with Crippen molar-refractivity contribution >= 4 is 23.4 Å². The van der Waals surface area contributed by atoms with Crippen molar-refractivity contribution in [3.8, 4) is 5.75 Å². The van der Waals surface area contributed by atoms with Gasteiger partial charge in [-0.05, 0) is 42.0 Å². The number of benzene rings is 2. The monoisotopic (exact) mass is 319 g/mol. The van der Waals surface area contributed by atoms with E-state index in [-0.39, 0.29) is 0 Å². The van der Waals surface area contributed by atoms with Crippen LogP contribution in [0.4, 0.5) is 0 Å². The second-order valence-electron chi connectivity index (χ2n) is 5.06. The van der Waals surface area contributed by atoms with Crippen molar-refractivity contribution in [3.05, 3.63) is 58.6 Å². The number of fused-ring (bicyclic) bond motifs is 1. The second kappa shape index (κ2) is 6.73. The molecule has 2 aromatic carbocycles. The Hall–Kier alpha value is -1.16. The molecule has 1 N–H and O–H groups in total. The highest BCUT2D eigenvalue weighted by atomic mass is 35.5. The van der Waals surface area contributed by atoms with Crippen molar-refractivity contribution < 1.29 is 4.74 Å². The molecule has 0 bridgehead atoms. The maximum absolute atomic E-state index is 6.15. The van der Waals surface area contributed by atoms with Crippen LogP contribution in [0.25, 0.3) is 0 Å². The van der Waals surface area contributed by atoms with Crippen molar-refractivity contribution in [1.82, 2.24) is 5.32 Å². The van der Waals surface area contributed by atoms with Gasteiger partial charge in [0.2, 0.25) is 0 Å². The number of hydrogen-bond acceptors (Lipinski definition) is 3. The molecule has 1 aliphatic heterocycles. The van der Waals surface area contributed by atoms with Gasteiger partial charge < -0.3 is 10.1 Å². The van der Waals surface area contributed by atoms with E-state index in [2.05, 4.69) is 23.5 Å². The van der Waals surface area contributed by atoms with Gasteiger partial charge in [0.05, 0.1) is 7.11 Å². The maximum atomic E-state index is 6.15. The predicted molar refractivity (Wildman–Crippen MR) is 89.4 cm³/mol. The molecule has 4 heteroatoms. The molecule has 0 saturated carbocycles. The van der Waals surface area contributed by atoms with Gasteiger partial charge in [0, 0.05) is 28.1 Å². The number of para-hydroxylation sites is 1. The van der Waals surface area contributed by atoms with E-state index < -0.39 is 0 Å². The fraction of sp³-hybridized carbons (Fsp3) is 0.294. The molecule has 1 heterocycles. The van der Waals surface area contributed by atoms with E-state index in [1.165, 1.54) is 16.0 Å². The first kappa shape index (κ1) is 14.8. The zero-order chi connectivity index (χ0) is 14.7. The lowest BCUT2D eigenvalue weighted by molar-refractivity contribution is 0.404. The molecular formula is C17H18ClNOS. The minimum Gasteiger partial charge on any atom is -0.496 e. The molecule has 0 aromatic heterocycles. The molecule has 1 unspecified atom stereocenters. The van der Waals surface area contributed by atoms with Gasteiger partial charge >= 0.3 is 0 Å². The fourth-order valence-corrected chi connectivity index (χ4v) is 3.95. The van der Waals surface area contributed by atoms with Gasteiger partial charge in [0.25, 0.3) is 0 Å². The summed E-state index contributed by atoms with van der Waals surface area (Å²) in [6, 6.07) is 14.7. The van der Waals surface area contributed by atoms with E-state index in [0.717, 1.165) is 29.5 Å². The first-order chi connectivity index (χ1) is 10.3. The first-order valence-corrected chi connectivity index (χ1v) is 8.42. The third kappa shape index (κ3) is 3.37. The molecule has 1 aliphatic rings. The Balaban J connectivity index is 1.76. The van der Waals surface area contributed by atoms with Crippen LogP contribution in [0.2, 0.25) is 5.02 Å². The zero-order valence-electron chi connectivity index (χ0n) is 11.9. The van der Waals surface area contributed by atoms with Crippen LogP contribution in [0, 0.1) is 0 Å². The summed E-state index contributed by atoms with van der Waals surface area (Å²) in [7, 11) is 1.71. The van der Waals surface area contributed by atoms with E-state index in [0.29, 0.717) is 6.04 Å². The third-order valence-electron chi connectivity index (χ3n) is 3.74. The fourth-order valence-electron chi connectivity index (χ4n) is 2.66. The minimum atomic E-state index is 0.352. The van der Waals surface area contributed by atoms with Crippen LogP contribution in [0.15, 0.2) is 47.4 Å². The lowest BCUT2D eigenvalue weighted by Gasteiger charge is -2.26. The molecule has 110 valence electrons. The van der Waals surface area contributed by atoms with E-state index in [1.54, 1.807) is 7.11 Å². The zero-order valence-corrected chi connectivity index (χ0v) is 13.5. The molecule has 0 saturated heterocycles. The van der Waals surface area contributed by atoms with Crippen molar-refractivity contribution in [2.24, 2.45) is 0 Å². The molecule has 2 aromatic rings. The Morgan fingerprint density at radius 3 is 3.00 bits per heavy atom. The standard InChI is InChI=1S/C17H18ClNOS/c1-20-16-5-3-2-4-12(16)11-19-15-8-9-21-17-7-6-13(18)10-14(15)17/h2-7,10,15,19H,8-9,11H2,1H3. The molecule has 0 amide bonds. The van der Waals surface area contributed by atoms with E-state index in [9.17, 15) is 0 Å². The van der Waals surface area contributed by atoms with Crippen LogP contribution < -0.4 is 10.1 Å². The molecule has 0 radical (unpaired) electrons. The van der Waals surface area contributed by atoms with Gasteiger partial charge in [0.15, 0.2) is 0 Å². The van der Waals surface area contributed by atoms with Gasteiger partial charge in [-0.25, -0.2) is 0 Å². The second-order valence-corrected chi connectivity index (χ2v) is 6.64. The van der Waals surface area contributed by atoms with Gasteiger partial charge in [0.1, 0.15) is 5.75 Å². The highest BCUT2D eigenvalue weighted by Crippen LogP contribution is 2.37. The number of hydrogen-bond donors (Lipinski definition) is 1. The van der Waals surface area contributed by atoms with E-state index in [1.807, 2.05) is 36.0 Å². The number of thioether (sulfide) groups is 1. The highest BCUT2D eigenvalue weighted by Gasteiger charge is 2.20. The Morgan fingerprint density at radius 1 is 1.29 bits per heavy atom. The summed E-state index contributed by atoms with van der Waals surface area (Å²) in [5, 5.41) is 4.45. The molecule has 21 heavy (non-hydrogen) atoms. The van der Waals surface area contributed by atoms with Gasteiger partial charge in [-0.2, -0.15) is 0 Å². The summed E-state index contributed by atoms with van der Waals surface area (Å²) in [5.74, 6) is 2.07. The number of rotatable bonds is 4. The lowest BCUT2D eigenvalue weighted by Crippen LogP contribution is -2.24. The van der Waals surface area contributed by atoms with Crippen LogP contribution >= 0.6 is 23.4 Å². The van der Waals surface area contributed by atoms with Crippen LogP contribution in [0.1, 0.15) is 23.6 Å². The molecule has 0 spiro atoms. The Bertz CT molecular complexity index is 632. The summed E-state index contributed by atoms with van der Waals surface area (Å²) in [5.41, 5.74) is 2.50. The lowest BCUT2D eigenvalue weighted by atomic mass is 10.0. The minimum absolute atomic E-state index is 0.352.